The summed E-state index contributed by atoms with van der Waals surface area (Å²) in [6, 6.07) is 15.8. The standard InChI is InChI=1S/C17H16N2O3/c1-19-16(21)14(18-17(19)22)15(20)13-9-7-12(8-10-13)11-5-3-2-4-6-11/h2-10,14-15,20H,1H3,(H,18,22). The van der Waals surface area contributed by atoms with Crippen LogP contribution in [0.15, 0.2) is 54.6 Å². The quantitative estimate of drug-likeness (QED) is 0.850. The minimum Gasteiger partial charge on any atom is -0.386 e. The molecule has 0 spiro atoms. The molecule has 1 fully saturated rings. The van der Waals surface area contributed by atoms with E-state index in [1.165, 1.54) is 7.05 Å². The van der Waals surface area contributed by atoms with Crippen LogP contribution in [0.1, 0.15) is 11.7 Å². The first-order chi connectivity index (χ1) is 10.6. The van der Waals surface area contributed by atoms with Crippen molar-refractivity contribution in [3.05, 3.63) is 60.2 Å². The molecule has 112 valence electrons. The van der Waals surface area contributed by atoms with Crippen LogP contribution >= 0.6 is 0 Å². The number of nitrogens with one attached hydrogen (secondary N) is 1. The van der Waals surface area contributed by atoms with Crippen molar-refractivity contribution in [3.63, 3.8) is 0 Å². The molecule has 0 saturated carbocycles. The van der Waals surface area contributed by atoms with Gasteiger partial charge in [0.05, 0.1) is 0 Å². The summed E-state index contributed by atoms with van der Waals surface area (Å²) < 4.78 is 0. The number of amides is 3. The molecule has 1 saturated heterocycles. The van der Waals surface area contributed by atoms with Crippen molar-refractivity contribution in [2.75, 3.05) is 7.05 Å². The predicted octanol–water partition coefficient (Wildman–Crippen LogP) is 1.94. The lowest BCUT2D eigenvalue weighted by Crippen LogP contribution is -2.35. The first kappa shape index (κ1) is 14.3. The van der Waals surface area contributed by atoms with Gasteiger partial charge in [-0.3, -0.25) is 9.69 Å². The topological polar surface area (TPSA) is 69.6 Å². The number of urea groups is 1. The summed E-state index contributed by atoms with van der Waals surface area (Å²) in [6.07, 6.45) is -1.06. The molecule has 2 N–H and O–H groups in total. The smallest absolute Gasteiger partial charge is 0.324 e. The molecular formula is C17H16N2O3. The van der Waals surface area contributed by atoms with Crippen LogP contribution in [0, 0.1) is 0 Å². The van der Waals surface area contributed by atoms with Gasteiger partial charge in [-0.2, -0.15) is 0 Å². The third-order valence-corrected chi connectivity index (χ3v) is 3.86. The van der Waals surface area contributed by atoms with Crippen molar-refractivity contribution in [2.24, 2.45) is 0 Å². The fourth-order valence-corrected chi connectivity index (χ4v) is 2.51. The molecule has 3 amide bonds. The average molecular weight is 296 g/mol. The highest BCUT2D eigenvalue weighted by atomic mass is 16.3. The fraction of sp³-hybridized carbons (Fsp3) is 0.176. The maximum atomic E-state index is 11.9. The number of carbonyl (C=O) groups excluding carboxylic acids is 2. The molecule has 1 heterocycles. The summed E-state index contributed by atoms with van der Waals surface area (Å²) in [7, 11) is 1.39. The molecule has 2 aromatic carbocycles. The van der Waals surface area contributed by atoms with Crippen LogP contribution in [0.2, 0.25) is 0 Å². The highest BCUT2D eigenvalue weighted by Crippen LogP contribution is 2.25. The number of hydrogen-bond donors (Lipinski definition) is 2. The summed E-state index contributed by atoms with van der Waals surface area (Å²) in [4.78, 5) is 24.3. The van der Waals surface area contributed by atoms with E-state index in [4.69, 9.17) is 0 Å². The number of aliphatic hydroxyl groups excluding tert-OH is 1. The monoisotopic (exact) mass is 296 g/mol. The lowest BCUT2D eigenvalue weighted by molar-refractivity contribution is -0.128. The van der Waals surface area contributed by atoms with Crippen LogP contribution < -0.4 is 5.32 Å². The van der Waals surface area contributed by atoms with E-state index in [1.54, 1.807) is 12.1 Å². The molecule has 2 aromatic rings. The number of benzene rings is 2. The van der Waals surface area contributed by atoms with Gasteiger partial charge in [0.2, 0.25) is 0 Å². The number of hydrogen-bond acceptors (Lipinski definition) is 3. The molecule has 2 unspecified atom stereocenters. The van der Waals surface area contributed by atoms with Gasteiger partial charge in [-0.1, -0.05) is 54.6 Å². The summed E-state index contributed by atoms with van der Waals surface area (Å²) in [5.74, 6) is -0.426. The molecule has 5 heteroatoms. The lowest BCUT2D eigenvalue weighted by Gasteiger charge is -2.16. The molecule has 1 aliphatic heterocycles. The van der Waals surface area contributed by atoms with Gasteiger partial charge in [-0.05, 0) is 16.7 Å². The van der Waals surface area contributed by atoms with Crippen LogP contribution in [0.3, 0.4) is 0 Å². The summed E-state index contributed by atoms with van der Waals surface area (Å²) in [5.41, 5.74) is 2.69. The van der Waals surface area contributed by atoms with E-state index in [2.05, 4.69) is 5.32 Å². The number of rotatable bonds is 3. The summed E-state index contributed by atoms with van der Waals surface area (Å²) in [6.45, 7) is 0. The van der Waals surface area contributed by atoms with Gasteiger partial charge >= 0.3 is 6.03 Å². The van der Waals surface area contributed by atoms with Gasteiger partial charge in [-0.25, -0.2) is 4.79 Å². The van der Waals surface area contributed by atoms with Crippen LogP contribution in [-0.2, 0) is 4.79 Å². The van der Waals surface area contributed by atoms with Crippen molar-refractivity contribution in [3.8, 4) is 11.1 Å². The Labute approximate surface area is 128 Å². The highest BCUT2D eigenvalue weighted by Gasteiger charge is 2.40. The van der Waals surface area contributed by atoms with E-state index in [0.29, 0.717) is 5.56 Å². The van der Waals surface area contributed by atoms with Crippen molar-refractivity contribution >= 4 is 11.9 Å². The Morgan fingerprint density at radius 3 is 2.14 bits per heavy atom. The second-order valence-corrected chi connectivity index (χ2v) is 5.26. The molecule has 2 atom stereocenters. The third-order valence-electron chi connectivity index (χ3n) is 3.86. The molecule has 0 bridgehead atoms. The van der Waals surface area contributed by atoms with Crippen molar-refractivity contribution in [1.82, 2.24) is 10.2 Å². The second kappa shape index (κ2) is 5.61. The van der Waals surface area contributed by atoms with Gasteiger partial charge in [0, 0.05) is 7.05 Å². The zero-order valence-corrected chi connectivity index (χ0v) is 12.1. The zero-order valence-electron chi connectivity index (χ0n) is 12.1. The number of aliphatic hydroxyl groups is 1. The molecule has 0 radical (unpaired) electrons. The summed E-state index contributed by atoms with van der Waals surface area (Å²) >= 11 is 0. The maximum absolute atomic E-state index is 11.9. The lowest BCUT2D eigenvalue weighted by atomic mass is 9.98. The van der Waals surface area contributed by atoms with E-state index < -0.39 is 24.1 Å². The van der Waals surface area contributed by atoms with Crippen LogP contribution in [0.4, 0.5) is 4.79 Å². The number of nitrogens with zero attached hydrogens (tertiary/aromatic N) is 1. The van der Waals surface area contributed by atoms with Crippen LogP contribution in [0.25, 0.3) is 11.1 Å². The first-order valence-corrected chi connectivity index (χ1v) is 6.99. The Morgan fingerprint density at radius 1 is 1.00 bits per heavy atom. The number of likely N-dealkylation sites (N-methyl/N-ethyl adjacent to an activating group) is 1. The normalized spacial score (nSPS) is 19.2. The summed E-state index contributed by atoms with van der Waals surface area (Å²) in [5, 5.41) is 12.8. The minimum atomic E-state index is -1.06. The zero-order chi connectivity index (χ0) is 15.7. The Balaban J connectivity index is 1.81. The Hall–Kier alpha value is -2.66. The Bertz CT molecular complexity index is 698. The average Bonchev–Trinajstić information content (AvgIpc) is 2.83. The van der Waals surface area contributed by atoms with Crippen LogP contribution in [0.5, 0.6) is 0 Å². The largest absolute Gasteiger partial charge is 0.386 e. The minimum absolute atomic E-state index is 0.426. The third kappa shape index (κ3) is 2.46. The van der Waals surface area contributed by atoms with E-state index in [-0.39, 0.29) is 0 Å². The molecule has 3 rings (SSSR count). The van der Waals surface area contributed by atoms with E-state index >= 15 is 0 Å². The number of imide groups is 1. The van der Waals surface area contributed by atoms with Crippen molar-refractivity contribution < 1.29 is 14.7 Å². The molecule has 22 heavy (non-hydrogen) atoms. The van der Waals surface area contributed by atoms with E-state index in [9.17, 15) is 14.7 Å². The number of carbonyl (C=O) groups is 2. The van der Waals surface area contributed by atoms with Crippen LogP contribution in [-0.4, -0.2) is 35.0 Å². The maximum Gasteiger partial charge on any atom is 0.324 e. The van der Waals surface area contributed by atoms with Gasteiger partial charge in [0.25, 0.3) is 5.91 Å². The molecule has 1 aliphatic rings. The SMILES string of the molecule is CN1C(=O)NC(C(O)c2ccc(-c3ccccc3)cc2)C1=O. The highest BCUT2D eigenvalue weighted by molar-refractivity contribution is 6.04. The van der Waals surface area contributed by atoms with E-state index in [0.717, 1.165) is 16.0 Å². The fourth-order valence-electron chi connectivity index (χ4n) is 2.51. The van der Waals surface area contributed by atoms with Gasteiger partial charge < -0.3 is 10.4 Å². The van der Waals surface area contributed by atoms with E-state index in [1.807, 2.05) is 42.5 Å². The molecule has 0 aliphatic carbocycles. The first-order valence-electron chi connectivity index (χ1n) is 6.99. The molecular weight excluding hydrogens is 280 g/mol. The van der Waals surface area contributed by atoms with Gasteiger partial charge in [0.15, 0.2) is 0 Å². The van der Waals surface area contributed by atoms with Crippen molar-refractivity contribution in [2.45, 2.75) is 12.1 Å². The molecule has 0 aromatic heterocycles. The second-order valence-electron chi connectivity index (χ2n) is 5.26. The Morgan fingerprint density at radius 2 is 1.59 bits per heavy atom. The predicted molar refractivity (Wildman–Crippen MR) is 81.9 cm³/mol. The van der Waals surface area contributed by atoms with Gasteiger partial charge in [0.1, 0.15) is 12.1 Å². The van der Waals surface area contributed by atoms with Crippen molar-refractivity contribution in [1.29, 1.82) is 0 Å². The molecule has 5 nitrogen and oxygen atoms in total. The Kier molecular flexibility index (Phi) is 3.65. The van der Waals surface area contributed by atoms with Gasteiger partial charge in [-0.15, -0.1) is 0 Å².